The lowest BCUT2D eigenvalue weighted by Crippen LogP contribution is -2.21. The number of phenolic OH excluding ortho intramolecular Hbond substituents is 1. The largest absolute Gasteiger partial charge is 0.508 e. The van der Waals surface area contributed by atoms with Crippen molar-refractivity contribution in [1.29, 1.82) is 0 Å². The fourth-order valence-corrected chi connectivity index (χ4v) is 2.31. The van der Waals surface area contributed by atoms with Crippen molar-refractivity contribution >= 4 is 23.2 Å². The van der Waals surface area contributed by atoms with Gasteiger partial charge < -0.3 is 10.1 Å². The minimum absolute atomic E-state index is 0.0891. The summed E-state index contributed by atoms with van der Waals surface area (Å²) in [5.41, 5.74) is 4.40. The van der Waals surface area contributed by atoms with Crippen LogP contribution in [0.1, 0.15) is 17.7 Å². The third-order valence-electron chi connectivity index (χ3n) is 3.53. The lowest BCUT2D eigenvalue weighted by Gasteiger charge is -2.02. The Morgan fingerprint density at radius 2 is 2.08 bits per heavy atom. The summed E-state index contributed by atoms with van der Waals surface area (Å²) in [5.74, 6) is -0.206. The molecule has 0 saturated carbocycles. The number of hydrogen-bond donors (Lipinski definition) is 3. The third kappa shape index (κ3) is 4.29. The molecular weight excluding hydrogens is 320 g/mol. The van der Waals surface area contributed by atoms with Crippen LogP contribution in [0.2, 0.25) is 0 Å². The minimum atomic E-state index is -0.328. The van der Waals surface area contributed by atoms with Crippen LogP contribution in [0.5, 0.6) is 5.75 Å². The fourth-order valence-electron chi connectivity index (χ4n) is 2.31. The SMILES string of the molecule is O=C(CCc1nc2ccccc2[nH]c1=O)N/N=C/c1cccc(O)c1. The lowest BCUT2D eigenvalue weighted by atomic mass is 10.2. The Labute approximate surface area is 143 Å². The second-order valence-electron chi connectivity index (χ2n) is 5.42. The number of hydrogen-bond acceptors (Lipinski definition) is 5. The second kappa shape index (κ2) is 7.39. The molecule has 0 bridgehead atoms. The Morgan fingerprint density at radius 1 is 1.24 bits per heavy atom. The van der Waals surface area contributed by atoms with Crippen LogP contribution in [-0.4, -0.2) is 27.2 Å². The molecule has 0 fully saturated rings. The predicted octanol–water partition coefficient (Wildman–Crippen LogP) is 1.71. The van der Waals surface area contributed by atoms with Gasteiger partial charge in [-0.2, -0.15) is 5.10 Å². The third-order valence-corrected chi connectivity index (χ3v) is 3.53. The topological polar surface area (TPSA) is 107 Å². The minimum Gasteiger partial charge on any atom is -0.508 e. The van der Waals surface area contributed by atoms with Gasteiger partial charge in [0, 0.05) is 12.8 Å². The number of H-pyrrole nitrogens is 1. The van der Waals surface area contributed by atoms with Crippen LogP contribution in [0, 0.1) is 0 Å². The molecule has 3 N–H and O–H groups in total. The Kier molecular flexibility index (Phi) is 4.84. The maximum absolute atomic E-state index is 12.0. The summed E-state index contributed by atoms with van der Waals surface area (Å²) < 4.78 is 0. The molecule has 126 valence electrons. The Balaban J connectivity index is 1.59. The molecule has 0 aliphatic rings. The van der Waals surface area contributed by atoms with Crippen molar-refractivity contribution in [1.82, 2.24) is 15.4 Å². The highest BCUT2D eigenvalue weighted by atomic mass is 16.3. The smallest absolute Gasteiger partial charge is 0.270 e. The summed E-state index contributed by atoms with van der Waals surface area (Å²) >= 11 is 0. The number of phenols is 1. The van der Waals surface area contributed by atoms with Crippen LogP contribution in [0.15, 0.2) is 58.4 Å². The van der Waals surface area contributed by atoms with Gasteiger partial charge in [-0.05, 0) is 29.8 Å². The lowest BCUT2D eigenvalue weighted by molar-refractivity contribution is -0.121. The Morgan fingerprint density at radius 3 is 2.92 bits per heavy atom. The monoisotopic (exact) mass is 336 g/mol. The van der Waals surface area contributed by atoms with E-state index in [-0.39, 0.29) is 30.1 Å². The van der Waals surface area contributed by atoms with Gasteiger partial charge in [0.1, 0.15) is 11.4 Å². The van der Waals surface area contributed by atoms with Crippen molar-refractivity contribution in [3.05, 3.63) is 70.1 Å². The van der Waals surface area contributed by atoms with Gasteiger partial charge in [-0.1, -0.05) is 24.3 Å². The molecule has 0 spiro atoms. The van der Waals surface area contributed by atoms with E-state index in [2.05, 4.69) is 20.5 Å². The first kappa shape index (κ1) is 16.4. The van der Waals surface area contributed by atoms with Crippen molar-refractivity contribution in [2.75, 3.05) is 0 Å². The number of aromatic amines is 1. The normalized spacial score (nSPS) is 11.0. The van der Waals surface area contributed by atoms with Gasteiger partial charge >= 0.3 is 0 Å². The number of carbonyl (C=O) groups is 1. The number of para-hydroxylation sites is 2. The van der Waals surface area contributed by atoms with Gasteiger partial charge in [-0.15, -0.1) is 0 Å². The summed E-state index contributed by atoms with van der Waals surface area (Å²) in [4.78, 5) is 30.9. The molecular formula is C18H16N4O3. The number of nitrogens with zero attached hydrogens (tertiary/aromatic N) is 2. The molecule has 1 heterocycles. The average Bonchev–Trinajstić information content (AvgIpc) is 2.60. The van der Waals surface area contributed by atoms with E-state index in [0.717, 1.165) is 0 Å². The maximum atomic E-state index is 12.0. The number of aromatic hydroxyl groups is 1. The van der Waals surface area contributed by atoms with E-state index in [1.807, 2.05) is 12.1 Å². The van der Waals surface area contributed by atoms with Crippen molar-refractivity contribution in [3.63, 3.8) is 0 Å². The van der Waals surface area contributed by atoms with Crippen LogP contribution in [-0.2, 0) is 11.2 Å². The summed E-state index contributed by atoms with van der Waals surface area (Å²) in [5, 5.41) is 13.2. The quantitative estimate of drug-likeness (QED) is 0.487. The second-order valence-corrected chi connectivity index (χ2v) is 5.42. The molecule has 1 amide bonds. The first-order valence-electron chi connectivity index (χ1n) is 7.71. The van der Waals surface area contributed by atoms with Crippen molar-refractivity contribution < 1.29 is 9.90 Å². The van der Waals surface area contributed by atoms with Crippen molar-refractivity contribution in [2.24, 2.45) is 5.10 Å². The van der Waals surface area contributed by atoms with E-state index in [1.54, 1.807) is 30.3 Å². The van der Waals surface area contributed by atoms with Gasteiger partial charge in [0.2, 0.25) is 5.91 Å². The fraction of sp³-hybridized carbons (Fsp3) is 0.111. The molecule has 0 unspecified atom stereocenters. The number of hydrazone groups is 1. The van der Waals surface area contributed by atoms with Gasteiger partial charge in [-0.3, -0.25) is 9.59 Å². The molecule has 0 aliphatic carbocycles. The number of carbonyl (C=O) groups excluding carboxylic acids is 1. The zero-order chi connectivity index (χ0) is 17.6. The van der Waals surface area contributed by atoms with E-state index < -0.39 is 0 Å². The van der Waals surface area contributed by atoms with Crippen molar-refractivity contribution in [3.8, 4) is 5.75 Å². The molecule has 2 aromatic carbocycles. The zero-order valence-corrected chi connectivity index (χ0v) is 13.3. The van der Waals surface area contributed by atoms with Crippen LogP contribution in [0.4, 0.5) is 0 Å². The average molecular weight is 336 g/mol. The van der Waals surface area contributed by atoms with Gasteiger partial charge in [0.15, 0.2) is 0 Å². The van der Waals surface area contributed by atoms with Gasteiger partial charge in [-0.25, -0.2) is 10.4 Å². The highest BCUT2D eigenvalue weighted by Gasteiger charge is 2.07. The number of amides is 1. The molecule has 7 heteroatoms. The first-order chi connectivity index (χ1) is 12.1. The summed E-state index contributed by atoms with van der Waals surface area (Å²) in [6, 6.07) is 13.7. The van der Waals surface area contributed by atoms with Crippen LogP contribution in [0.25, 0.3) is 11.0 Å². The van der Waals surface area contributed by atoms with E-state index in [1.165, 1.54) is 12.3 Å². The summed E-state index contributed by atoms with van der Waals surface area (Å²) in [7, 11) is 0. The molecule has 0 saturated heterocycles. The number of benzene rings is 2. The summed E-state index contributed by atoms with van der Waals surface area (Å²) in [6.07, 6.45) is 1.73. The summed E-state index contributed by atoms with van der Waals surface area (Å²) in [6.45, 7) is 0. The molecule has 3 rings (SSSR count). The van der Waals surface area contributed by atoms with E-state index in [0.29, 0.717) is 22.3 Å². The molecule has 0 radical (unpaired) electrons. The Hall–Kier alpha value is -3.48. The molecule has 0 aliphatic heterocycles. The number of nitrogens with one attached hydrogen (secondary N) is 2. The number of rotatable bonds is 5. The van der Waals surface area contributed by atoms with E-state index >= 15 is 0 Å². The van der Waals surface area contributed by atoms with Gasteiger partial charge in [0.05, 0.1) is 17.2 Å². The molecule has 1 aromatic heterocycles. The standard InChI is InChI=1S/C18H16N4O3/c23-13-5-3-4-12(10-13)11-19-22-17(24)9-8-16-18(25)21-15-7-2-1-6-14(15)20-16/h1-7,10-11,23H,8-9H2,(H,21,25)(H,22,24)/b19-11+. The van der Waals surface area contributed by atoms with Crippen LogP contribution in [0.3, 0.4) is 0 Å². The van der Waals surface area contributed by atoms with Crippen LogP contribution >= 0.6 is 0 Å². The first-order valence-corrected chi connectivity index (χ1v) is 7.71. The maximum Gasteiger partial charge on any atom is 0.270 e. The number of fused-ring (bicyclic) bond motifs is 1. The zero-order valence-electron chi connectivity index (χ0n) is 13.3. The molecule has 25 heavy (non-hydrogen) atoms. The van der Waals surface area contributed by atoms with E-state index in [9.17, 15) is 14.7 Å². The highest BCUT2D eigenvalue weighted by molar-refractivity contribution is 5.82. The molecule has 3 aromatic rings. The molecule has 7 nitrogen and oxygen atoms in total. The number of aryl methyl sites for hydroxylation is 1. The Bertz CT molecular complexity index is 995. The van der Waals surface area contributed by atoms with Crippen molar-refractivity contribution in [2.45, 2.75) is 12.8 Å². The van der Waals surface area contributed by atoms with Gasteiger partial charge in [0.25, 0.3) is 5.56 Å². The predicted molar refractivity (Wildman–Crippen MR) is 94.5 cm³/mol. The van der Waals surface area contributed by atoms with Crippen LogP contribution < -0.4 is 11.0 Å². The highest BCUT2D eigenvalue weighted by Crippen LogP contribution is 2.09. The molecule has 0 atom stereocenters. The number of aromatic nitrogens is 2. The van der Waals surface area contributed by atoms with E-state index in [4.69, 9.17) is 0 Å².